The molecule has 0 aromatic heterocycles. The third-order valence-corrected chi connectivity index (χ3v) is 5.64. The van der Waals surface area contributed by atoms with Crippen LogP contribution in [-0.4, -0.2) is 25.6 Å². The quantitative estimate of drug-likeness (QED) is 0.416. The standard InChI is InChI=1S/C25H34O3/c1-5-8-20-9-11-21(12-10-20)22-13-15-23(16-14-22)28-18-17-27-19-24(26)25(4,6-2)7-3/h9-16H,5-8,17-19H2,1-4H3. The normalized spacial score (nSPS) is 11.4. The molecule has 2 rings (SSSR count). The van der Waals surface area contributed by atoms with Crippen molar-refractivity contribution in [3.05, 3.63) is 54.1 Å². The van der Waals surface area contributed by atoms with Crippen molar-refractivity contribution in [1.82, 2.24) is 0 Å². The molecule has 0 atom stereocenters. The SMILES string of the molecule is CCCc1ccc(-c2ccc(OCCOCC(=O)C(C)(CC)CC)cc2)cc1. The third kappa shape index (κ3) is 6.20. The van der Waals surface area contributed by atoms with E-state index in [-0.39, 0.29) is 17.8 Å². The molecule has 0 radical (unpaired) electrons. The first-order valence-corrected chi connectivity index (χ1v) is 10.5. The van der Waals surface area contributed by atoms with Gasteiger partial charge in [-0.05, 0) is 48.1 Å². The van der Waals surface area contributed by atoms with Gasteiger partial charge in [0.2, 0.25) is 0 Å². The van der Waals surface area contributed by atoms with Crippen molar-refractivity contribution in [2.45, 2.75) is 53.4 Å². The maximum absolute atomic E-state index is 12.2. The number of ether oxygens (including phenoxy) is 2. The summed E-state index contributed by atoms with van der Waals surface area (Å²) < 4.78 is 11.2. The number of aryl methyl sites for hydroxylation is 1. The van der Waals surface area contributed by atoms with Crippen LogP contribution in [0.1, 0.15) is 52.5 Å². The van der Waals surface area contributed by atoms with Gasteiger partial charge in [0.05, 0.1) is 6.61 Å². The number of carbonyl (C=O) groups is 1. The number of rotatable bonds is 12. The Morgan fingerprint density at radius 3 is 1.96 bits per heavy atom. The summed E-state index contributed by atoms with van der Waals surface area (Å²) >= 11 is 0. The summed E-state index contributed by atoms with van der Waals surface area (Å²) in [7, 11) is 0. The molecule has 3 nitrogen and oxygen atoms in total. The molecule has 0 unspecified atom stereocenters. The lowest BCUT2D eigenvalue weighted by Gasteiger charge is -2.24. The van der Waals surface area contributed by atoms with Gasteiger partial charge in [-0.15, -0.1) is 0 Å². The Bertz CT molecular complexity index is 712. The van der Waals surface area contributed by atoms with Crippen molar-refractivity contribution in [3.8, 4) is 16.9 Å². The van der Waals surface area contributed by atoms with Gasteiger partial charge in [-0.1, -0.05) is 70.5 Å². The molecular weight excluding hydrogens is 348 g/mol. The Kier molecular flexibility index (Phi) is 8.72. The minimum Gasteiger partial charge on any atom is -0.491 e. The second-order valence-corrected chi connectivity index (χ2v) is 7.56. The van der Waals surface area contributed by atoms with Gasteiger partial charge in [-0.25, -0.2) is 0 Å². The van der Waals surface area contributed by atoms with E-state index in [9.17, 15) is 4.79 Å². The zero-order valence-electron chi connectivity index (χ0n) is 17.8. The third-order valence-electron chi connectivity index (χ3n) is 5.64. The van der Waals surface area contributed by atoms with Crippen LogP contribution in [0.15, 0.2) is 48.5 Å². The lowest BCUT2D eigenvalue weighted by Crippen LogP contribution is -2.30. The van der Waals surface area contributed by atoms with Crippen molar-refractivity contribution in [2.75, 3.05) is 19.8 Å². The fraction of sp³-hybridized carbons (Fsp3) is 0.480. The molecular formula is C25H34O3. The molecule has 2 aromatic carbocycles. The number of benzene rings is 2. The van der Waals surface area contributed by atoms with E-state index in [1.54, 1.807) is 0 Å². The fourth-order valence-electron chi connectivity index (χ4n) is 3.10. The lowest BCUT2D eigenvalue weighted by molar-refractivity contribution is -0.133. The Balaban J connectivity index is 1.76. The summed E-state index contributed by atoms with van der Waals surface area (Å²) in [5, 5.41) is 0. The maximum Gasteiger partial charge on any atom is 0.164 e. The second kappa shape index (κ2) is 11.0. The number of hydrogen-bond acceptors (Lipinski definition) is 3. The fourth-order valence-corrected chi connectivity index (χ4v) is 3.10. The average Bonchev–Trinajstić information content (AvgIpc) is 2.74. The van der Waals surface area contributed by atoms with Crippen LogP contribution in [0, 0.1) is 5.41 Å². The molecule has 0 spiro atoms. The van der Waals surface area contributed by atoms with Crippen LogP contribution in [0.4, 0.5) is 0 Å². The second-order valence-electron chi connectivity index (χ2n) is 7.56. The summed E-state index contributed by atoms with van der Waals surface area (Å²) in [6.45, 7) is 9.32. The zero-order valence-corrected chi connectivity index (χ0v) is 17.8. The maximum atomic E-state index is 12.2. The van der Waals surface area contributed by atoms with Crippen LogP contribution in [0.5, 0.6) is 5.75 Å². The number of ketones is 1. The van der Waals surface area contributed by atoms with Crippen LogP contribution in [0.25, 0.3) is 11.1 Å². The van der Waals surface area contributed by atoms with E-state index in [4.69, 9.17) is 9.47 Å². The first-order chi connectivity index (χ1) is 13.5. The summed E-state index contributed by atoms with van der Waals surface area (Å²) in [5.74, 6) is 0.986. The van der Waals surface area contributed by atoms with Gasteiger partial charge >= 0.3 is 0 Å². The highest BCUT2D eigenvalue weighted by Gasteiger charge is 2.28. The van der Waals surface area contributed by atoms with E-state index in [0.717, 1.165) is 25.0 Å². The minimum absolute atomic E-state index is 0.161. The molecule has 3 heteroatoms. The Hall–Kier alpha value is -2.13. The average molecular weight is 383 g/mol. The highest BCUT2D eigenvalue weighted by atomic mass is 16.5. The molecule has 2 aromatic rings. The number of carbonyl (C=O) groups excluding carboxylic acids is 1. The van der Waals surface area contributed by atoms with Crippen LogP contribution in [-0.2, 0) is 16.0 Å². The number of Topliss-reactive ketones (excluding diaryl/α,β-unsaturated/α-hetero) is 1. The van der Waals surface area contributed by atoms with Crippen molar-refractivity contribution < 1.29 is 14.3 Å². The molecule has 0 amide bonds. The minimum atomic E-state index is -0.272. The predicted octanol–water partition coefficient (Wildman–Crippen LogP) is 6.10. The van der Waals surface area contributed by atoms with Crippen LogP contribution < -0.4 is 4.74 Å². The molecule has 28 heavy (non-hydrogen) atoms. The highest BCUT2D eigenvalue weighted by Crippen LogP contribution is 2.26. The van der Waals surface area contributed by atoms with E-state index in [1.165, 1.54) is 23.1 Å². The Morgan fingerprint density at radius 2 is 1.43 bits per heavy atom. The van der Waals surface area contributed by atoms with Crippen LogP contribution in [0.2, 0.25) is 0 Å². The topological polar surface area (TPSA) is 35.5 Å². The Labute approximate surface area is 170 Å². The van der Waals surface area contributed by atoms with Gasteiger partial charge in [0, 0.05) is 5.41 Å². The van der Waals surface area contributed by atoms with E-state index >= 15 is 0 Å². The summed E-state index contributed by atoms with van der Waals surface area (Å²) in [4.78, 5) is 12.2. The van der Waals surface area contributed by atoms with Gasteiger partial charge in [-0.2, -0.15) is 0 Å². The molecule has 0 N–H and O–H groups in total. The van der Waals surface area contributed by atoms with Crippen molar-refractivity contribution in [3.63, 3.8) is 0 Å². The monoisotopic (exact) mass is 382 g/mol. The van der Waals surface area contributed by atoms with E-state index < -0.39 is 0 Å². The van der Waals surface area contributed by atoms with Gasteiger partial charge in [0.15, 0.2) is 5.78 Å². The van der Waals surface area contributed by atoms with E-state index in [2.05, 4.69) is 43.3 Å². The molecule has 0 saturated carbocycles. The van der Waals surface area contributed by atoms with Gasteiger partial charge in [0.1, 0.15) is 19.0 Å². The largest absolute Gasteiger partial charge is 0.491 e. The Morgan fingerprint density at radius 1 is 0.857 bits per heavy atom. The molecule has 0 aliphatic rings. The highest BCUT2D eigenvalue weighted by molar-refractivity contribution is 5.85. The lowest BCUT2D eigenvalue weighted by atomic mass is 9.81. The summed E-state index contributed by atoms with van der Waals surface area (Å²) in [5.41, 5.74) is 3.49. The summed E-state index contributed by atoms with van der Waals surface area (Å²) in [6.07, 6.45) is 3.97. The van der Waals surface area contributed by atoms with Gasteiger partial charge < -0.3 is 9.47 Å². The smallest absolute Gasteiger partial charge is 0.164 e. The molecule has 0 bridgehead atoms. The first kappa shape index (κ1) is 22.2. The van der Waals surface area contributed by atoms with Crippen LogP contribution >= 0.6 is 0 Å². The van der Waals surface area contributed by atoms with Crippen LogP contribution in [0.3, 0.4) is 0 Å². The molecule has 0 fully saturated rings. The molecule has 0 aliphatic heterocycles. The molecule has 152 valence electrons. The van der Waals surface area contributed by atoms with Crippen molar-refractivity contribution >= 4 is 5.78 Å². The molecule has 0 aliphatic carbocycles. The first-order valence-electron chi connectivity index (χ1n) is 10.5. The van der Waals surface area contributed by atoms with E-state index in [0.29, 0.717) is 13.2 Å². The van der Waals surface area contributed by atoms with Crippen molar-refractivity contribution in [2.24, 2.45) is 5.41 Å². The van der Waals surface area contributed by atoms with Crippen molar-refractivity contribution in [1.29, 1.82) is 0 Å². The molecule has 0 heterocycles. The molecule has 0 saturated heterocycles. The van der Waals surface area contributed by atoms with Gasteiger partial charge in [-0.3, -0.25) is 4.79 Å². The number of hydrogen-bond donors (Lipinski definition) is 0. The van der Waals surface area contributed by atoms with Gasteiger partial charge in [0.25, 0.3) is 0 Å². The predicted molar refractivity (Wildman–Crippen MR) is 116 cm³/mol. The van der Waals surface area contributed by atoms with E-state index in [1.807, 2.05) is 32.9 Å². The summed E-state index contributed by atoms with van der Waals surface area (Å²) in [6, 6.07) is 16.8. The zero-order chi connectivity index (χ0) is 20.4.